The molecule has 0 spiro atoms. The Balaban J connectivity index is 0.000000173. The van der Waals surface area contributed by atoms with E-state index in [1.54, 1.807) is 0 Å². The first-order valence-corrected chi connectivity index (χ1v) is 10.1. The molecule has 0 bridgehead atoms. The second-order valence-corrected chi connectivity index (χ2v) is 9.20. The smallest absolute Gasteiger partial charge is 0.0652 e. The number of hydrogen-bond acceptors (Lipinski definition) is 2. The Hall–Kier alpha value is 0.0200. The molecule has 0 aromatic heterocycles. The van der Waals surface area contributed by atoms with Crippen molar-refractivity contribution in [1.29, 1.82) is 0 Å². The van der Waals surface area contributed by atoms with Crippen LogP contribution in [0.15, 0.2) is 4.99 Å². The summed E-state index contributed by atoms with van der Waals surface area (Å²) in [7, 11) is 0. The molecule has 0 N–H and O–H groups in total. The van der Waals surface area contributed by atoms with Gasteiger partial charge in [0.25, 0.3) is 0 Å². The summed E-state index contributed by atoms with van der Waals surface area (Å²) in [5, 5.41) is 2.09. The normalized spacial score (nSPS) is 40.6. The highest BCUT2D eigenvalue weighted by molar-refractivity contribution is 8.14. The van der Waals surface area contributed by atoms with Gasteiger partial charge in [0.15, 0.2) is 0 Å². The maximum absolute atomic E-state index is 4.73. The third-order valence-corrected chi connectivity index (χ3v) is 7.50. The standard InChI is InChI=1S/C11H19NS.C8H16/c1-6-5-10-11(8(3)7(6)2)13-9(4)12-10;1-8-6-4-2-3-5-7-8/h6-8,10-11H,5H2,1-4H3;8H,2-7H2,1H3. The van der Waals surface area contributed by atoms with Crippen LogP contribution in [0, 0.1) is 23.7 Å². The molecule has 21 heavy (non-hydrogen) atoms. The summed E-state index contributed by atoms with van der Waals surface area (Å²) < 4.78 is 0. The van der Waals surface area contributed by atoms with E-state index in [4.69, 9.17) is 4.99 Å². The van der Waals surface area contributed by atoms with E-state index in [1.807, 2.05) is 11.8 Å². The Labute approximate surface area is 136 Å². The summed E-state index contributed by atoms with van der Waals surface area (Å²) in [4.78, 5) is 4.73. The first-order valence-electron chi connectivity index (χ1n) is 9.20. The average molecular weight is 310 g/mol. The molecule has 0 radical (unpaired) electrons. The molecule has 5 unspecified atom stereocenters. The Morgan fingerprint density at radius 3 is 2.14 bits per heavy atom. The Bertz CT molecular complexity index is 343. The van der Waals surface area contributed by atoms with Crippen LogP contribution >= 0.6 is 11.8 Å². The summed E-state index contributed by atoms with van der Waals surface area (Å²) in [6.45, 7) is 11.7. The van der Waals surface area contributed by atoms with Gasteiger partial charge in [0.1, 0.15) is 0 Å². The molecule has 0 saturated heterocycles. The van der Waals surface area contributed by atoms with Crippen molar-refractivity contribution >= 4 is 16.8 Å². The SMILES string of the molecule is CC1=NC2CC(C)C(C)C(C)C2S1.CC1CCCCCC1. The lowest BCUT2D eigenvalue weighted by atomic mass is 9.72. The van der Waals surface area contributed by atoms with Crippen molar-refractivity contribution in [2.75, 3.05) is 0 Å². The maximum Gasteiger partial charge on any atom is 0.0652 e. The van der Waals surface area contributed by atoms with E-state index in [2.05, 4.69) is 34.6 Å². The fourth-order valence-electron chi connectivity index (χ4n) is 4.15. The summed E-state index contributed by atoms with van der Waals surface area (Å²) in [6.07, 6.45) is 10.2. The molecule has 1 nitrogen and oxygen atoms in total. The van der Waals surface area contributed by atoms with Gasteiger partial charge in [-0.15, -0.1) is 11.8 Å². The molecule has 1 aliphatic heterocycles. The quantitative estimate of drug-likeness (QED) is 0.487. The molecule has 3 rings (SSSR count). The number of fused-ring (bicyclic) bond motifs is 1. The van der Waals surface area contributed by atoms with Crippen LogP contribution in [0.1, 0.15) is 79.6 Å². The van der Waals surface area contributed by atoms with E-state index in [0.717, 1.165) is 28.9 Å². The van der Waals surface area contributed by atoms with Crippen molar-refractivity contribution in [3.05, 3.63) is 0 Å². The zero-order valence-electron chi connectivity index (χ0n) is 14.8. The second kappa shape index (κ2) is 8.04. The van der Waals surface area contributed by atoms with Gasteiger partial charge in [-0.2, -0.15) is 0 Å². The van der Waals surface area contributed by atoms with Crippen molar-refractivity contribution in [2.24, 2.45) is 28.7 Å². The molecule has 0 aromatic rings. The van der Waals surface area contributed by atoms with Gasteiger partial charge in [-0.3, -0.25) is 4.99 Å². The van der Waals surface area contributed by atoms with Gasteiger partial charge in [-0.1, -0.05) is 66.2 Å². The zero-order valence-corrected chi connectivity index (χ0v) is 15.6. The molecule has 1 heterocycles. The molecule has 2 aliphatic carbocycles. The summed E-state index contributed by atoms with van der Waals surface area (Å²) in [5.74, 6) is 3.58. The van der Waals surface area contributed by atoms with Gasteiger partial charge in [0.05, 0.1) is 11.1 Å². The van der Waals surface area contributed by atoms with Crippen molar-refractivity contribution in [3.63, 3.8) is 0 Å². The second-order valence-electron chi connectivity index (χ2n) is 7.83. The first-order chi connectivity index (χ1) is 9.99. The van der Waals surface area contributed by atoms with Crippen molar-refractivity contribution in [1.82, 2.24) is 0 Å². The largest absolute Gasteiger partial charge is 0.279 e. The average Bonchev–Trinajstić information content (AvgIpc) is 2.65. The van der Waals surface area contributed by atoms with Crippen LogP contribution in [-0.2, 0) is 0 Å². The van der Waals surface area contributed by atoms with Crippen LogP contribution in [0.3, 0.4) is 0 Å². The van der Waals surface area contributed by atoms with Crippen molar-refractivity contribution in [2.45, 2.75) is 90.9 Å². The number of aliphatic imine (C=N–C) groups is 1. The number of rotatable bonds is 0. The molecule has 5 atom stereocenters. The van der Waals surface area contributed by atoms with Gasteiger partial charge >= 0.3 is 0 Å². The Morgan fingerprint density at radius 1 is 0.905 bits per heavy atom. The minimum atomic E-state index is 0.631. The molecule has 2 heteroatoms. The minimum absolute atomic E-state index is 0.631. The predicted molar refractivity (Wildman–Crippen MR) is 97.3 cm³/mol. The highest BCUT2D eigenvalue weighted by Crippen LogP contribution is 2.45. The first kappa shape index (κ1) is 17.4. The molecular formula is C19H35NS. The van der Waals surface area contributed by atoms with E-state index in [1.165, 1.54) is 50.0 Å². The van der Waals surface area contributed by atoms with Crippen LogP contribution in [0.2, 0.25) is 0 Å². The summed E-state index contributed by atoms with van der Waals surface area (Å²) in [6, 6.07) is 0.631. The van der Waals surface area contributed by atoms with Gasteiger partial charge in [-0.25, -0.2) is 0 Å². The van der Waals surface area contributed by atoms with E-state index in [9.17, 15) is 0 Å². The third-order valence-electron chi connectivity index (χ3n) is 6.04. The van der Waals surface area contributed by atoms with E-state index in [-0.39, 0.29) is 0 Å². The fraction of sp³-hybridized carbons (Fsp3) is 0.947. The summed E-state index contributed by atoms with van der Waals surface area (Å²) in [5.41, 5.74) is 0. The lowest BCUT2D eigenvalue weighted by Gasteiger charge is -2.39. The molecule has 2 saturated carbocycles. The van der Waals surface area contributed by atoms with Crippen molar-refractivity contribution < 1.29 is 0 Å². The van der Waals surface area contributed by atoms with Crippen LogP contribution in [-0.4, -0.2) is 16.3 Å². The van der Waals surface area contributed by atoms with Crippen LogP contribution in [0.5, 0.6) is 0 Å². The predicted octanol–water partition coefficient (Wildman–Crippen LogP) is 6.18. The Morgan fingerprint density at radius 2 is 1.52 bits per heavy atom. The van der Waals surface area contributed by atoms with Crippen molar-refractivity contribution in [3.8, 4) is 0 Å². The van der Waals surface area contributed by atoms with E-state index in [0.29, 0.717) is 6.04 Å². The molecule has 3 aliphatic rings. The number of nitrogens with zero attached hydrogens (tertiary/aromatic N) is 1. The highest BCUT2D eigenvalue weighted by Gasteiger charge is 2.41. The topological polar surface area (TPSA) is 12.4 Å². The van der Waals surface area contributed by atoms with E-state index < -0.39 is 0 Å². The zero-order chi connectivity index (χ0) is 15.4. The van der Waals surface area contributed by atoms with Gasteiger partial charge < -0.3 is 0 Å². The van der Waals surface area contributed by atoms with Crippen LogP contribution in [0.4, 0.5) is 0 Å². The van der Waals surface area contributed by atoms with Gasteiger partial charge in [0.2, 0.25) is 0 Å². The maximum atomic E-state index is 4.73. The van der Waals surface area contributed by atoms with Gasteiger partial charge in [-0.05, 0) is 37.0 Å². The van der Waals surface area contributed by atoms with Crippen LogP contribution < -0.4 is 0 Å². The molecule has 0 aromatic carbocycles. The molecule has 2 fully saturated rings. The van der Waals surface area contributed by atoms with Crippen LogP contribution in [0.25, 0.3) is 0 Å². The summed E-state index contributed by atoms with van der Waals surface area (Å²) >= 11 is 2.01. The Kier molecular flexibility index (Phi) is 6.65. The number of thioether (sulfide) groups is 1. The van der Waals surface area contributed by atoms with Gasteiger partial charge in [0, 0.05) is 5.25 Å². The lowest BCUT2D eigenvalue weighted by molar-refractivity contribution is 0.188. The number of hydrogen-bond donors (Lipinski definition) is 0. The molecule has 0 amide bonds. The monoisotopic (exact) mass is 309 g/mol. The molecule has 122 valence electrons. The lowest BCUT2D eigenvalue weighted by Crippen LogP contribution is -2.39. The minimum Gasteiger partial charge on any atom is -0.279 e. The fourth-order valence-corrected chi connectivity index (χ4v) is 5.54. The third kappa shape index (κ3) is 4.74. The molecular weight excluding hydrogens is 274 g/mol. The highest BCUT2D eigenvalue weighted by atomic mass is 32.2. The van der Waals surface area contributed by atoms with E-state index >= 15 is 0 Å².